The first kappa shape index (κ1) is 18.9. The Bertz CT molecular complexity index is 255. The Hall–Kier alpha value is -1.06. The van der Waals surface area contributed by atoms with Gasteiger partial charge < -0.3 is 11.1 Å². The van der Waals surface area contributed by atoms with Gasteiger partial charge in [-0.05, 0) is 6.42 Å². The molecule has 20 heavy (non-hydrogen) atoms. The summed E-state index contributed by atoms with van der Waals surface area (Å²) in [5.74, 6) is -0.487. The predicted molar refractivity (Wildman–Crippen MR) is 83.3 cm³/mol. The Morgan fingerprint density at radius 1 is 0.800 bits per heavy atom. The lowest BCUT2D eigenvalue weighted by atomic mass is 10.1. The minimum absolute atomic E-state index is 0.0697. The van der Waals surface area contributed by atoms with Crippen molar-refractivity contribution < 1.29 is 9.59 Å². The number of primary amides is 1. The average molecular weight is 284 g/mol. The van der Waals surface area contributed by atoms with Gasteiger partial charge in [0.2, 0.25) is 11.8 Å². The molecule has 0 aromatic carbocycles. The number of unbranched alkanes of at least 4 members (excludes halogenated alkanes) is 9. The fourth-order valence-corrected chi connectivity index (χ4v) is 2.17. The van der Waals surface area contributed by atoms with E-state index in [1.807, 2.05) is 0 Å². The highest BCUT2D eigenvalue weighted by atomic mass is 16.2. The third kappa shape index (κ3) is 15.0. The summed E-state index contributed by atoms with van der Waals surface area (Å²) in [5.41, 5.74) is 4.98. The summed E-state index contributed by atoms with van der Waals surface area (Å²) in [6.07, 6.45) is 13.3. The molecule has 0 aromatic heterocycles. The van der Waals surface area contributed by atoms with Crippen LogP contribution in [-0.4, -0.2) is 18.4 Å². The molecule has 0 aliphatic rings. The Morgan fingerprint density at radius 3 is 1.80 bits per heavy atom. The molecule has 2 amide bonds. The number of nitrogens with two attached hydrogens (primary N) is 1. The van der Waals surface area contributed by atoms with Crippen molar-refractivity contribution in [3.05, 3.63) is 0 Å². The van der Waals surface area contributed by atoms with Crippen LogP contribution in [0.4, 0.5) is 0 Å². The number of carbonyl (C=O) groups is 2. The second kappa shape index (κ2) is 14.4. The molecular weight excluding hydrogens is 252 g/mol. The molecule has 0 aliphatic heterocycles. The van der Waals surface area contributed by atoms with Crippen molar-refractivity contribution in [2.24, 2.45) is 5.73 Å². The number of hydrogen-bond acceptors (Lipinski definition) is 2. The fraction of sp³-hybridized carbons (Fsp3) is 0.875. The zero-order chi connectivity index (χ0) is 15.1. The average Bonchev–Trinajstić information content (AvgIpc) is 2.42. The predicted octanol–water partition coefficient (Wildman–Crippen LogP) is 3.29. The molecule has 118 valence electrons. The third-order valence-electron chi connectivity index (χ3n) is 3.45. The molecule has 0 rings (SSSR count). The minimum atomic E-state index is -0.418. The van der Waals surface area contributed by atoms with Crippen LogP contribution in [0.2, 0.25) is 0 Å². The molecule has 4 nitrogen and oxygen atoms in total. The number of carbonyl (C=O) groups excluding carboxylic acids is 2. The lowest BCUT2D eigenvalue weighted by molar-refractivity contribution is -0.125. The van der Waals surface area contributed by atoms with Crippen LogP contribution in [0.15, 0.2) is 0 Å². The summed E-state index contributed by atoms with van der Waals surface area (Å²) in [7, 11) is 0. The van der Waals surface area contributed by atoms with Gasteiger partial charge >= 0.3 is 0 Å². The van der Waals surface area contributed by atoms with E-state index in [-0.39, 0.29) is 18.7 Å². The van der Waals surface area contributed by atoms with E-state index in [2.05, 4.69) is 12.2 Å². The lowest BCUT2D eigenvalue weighted by Gasteiger charge is -2.04. The largest absolute Gasteiger partial charge is 0.370 e. The molecule has 0 heterocycles. The number of nitrogens with one attached hydrogen (secondary N) is 1. The molecule has 0 spiro atoms. The summed E-state index contributed by atoms with van der Waals surface area (Å²) in [5, 5.41) is 2.82. The number of rotatable bonds is 14. The summed E-state index contributed by atoms with van der Waals surface area (Å²) in [6, 6.07) is 0. The van der Waals surface area contributed by atoms with Gasteiger partial charge in [0.15, 0.2) is 0 Å². The molecule has 4 heteroatoms. The Labute approximate surface area is 123 Å². The first-order valence-electron chi connectivity index (χ1n) is 8.21. The van der Waals surface area contributed by atoms with Gasteiger partial charge in [-0.2, -0.15) is 0 Å². The first-order chi connectivity index (χ1) is 9.66. The molecule has 0 fully saturated rings. The maximum Gasteiger partial charge on any atom is 0.220 e. The van der Waals surface area contributed by atoms with Gasteiger partial charge in [0.25, 0.3) is 0 Å². The number of hydrogen-bond donors (Lipinski definition) is 2. The van der Waals surface area contributed by atoms with E-state index in [1.165, 1.54) is 57.8 Å². The van der Waals surface area contributed by atoms with Gasteiger partial charge in [-0.3, -0.25) is 9.59 Å². The van der Waals surface area contributed by atoms with Crippen LogP contribution in [0, 0.1) is 0 Å². The molecule has 0 aromatic rings. The maximum atomic E-state index is 11.3. The van der Waals surface area contributed by atoms with E-state index in [4.69, 9.17) is 5.73 Å². The molecule has 0 saturated heterocycles. The van der Waals surface area contributed by atoms with Crippen LogP contribution in [0.3, 0.4) is 0 Å². The normalized spacial score (nSPS) is 10.4. The summed E-state index contributed by atoms with van der Waals surface area (Å²) < 4.78 is 0. The van der Waals surface area contributed by atoms with Crippen LogP contribution in [0.1, 0.15) is 84.0 Å². The van der Waals surface area contributed by atoms with Crippen LogP contribution < -0.4 is 11.1 Å². The minimum Gasteiger partial charge on any atom is -0.370 e. The van der Waals surface area contributed by atoms with Crippen LogP contribution in [-0.2, 0) is 9.59 Å². The SMILES string of the molecule is CCCCCCCCCCCCNC(=O)CCC(N)=O. The van der Waals surface area contributed by atoms with Crippen molar-refractivity contribution in [1.82, 2.24) is 5.32 Å². The van der Waals surface area contributed by atoms with Crippen molar-refractivity contribution in [2.45, 2.75) is 84.0 Å². The molecule has 3 N–H and O–H groups in total. The van der Waals surface area contributed by atoms with Crippen molar-refractivity contribution in [1.29, 1.82) is 0 Å². The van der Waals surface area contributed by atoms with Gasteiger partial charge in [0, 0.05) is 19.4 Å². The van der Waals surface area contributed by atoms with Gasteiger partial charge in [0.1, 0.15) is 0 Å². The van der Waals surface area contributed by atoms with Crippen LogP contribution >= 0.6 is 0 Å². The molecule has 0 radical (unpaired) electrons. The number of amides is 2. The first-order valence-corrected chi connectivity index (χ1v) is 8.21. The molecule has 0 aliphatic carbocycles. The van der Waals surface area contributed by atoms with E-state index < -0.39 is 5.91 Å². The van der Waals surface area contributed by atoms with Gasteiger partial charge in [-0.15, -0.1) is 0 Å². The summed E-state index contributed by atoms with van der Waals surface area (Å²) >= 11 is 0. The third-order valence-corrected chi connectivity index (χ3v) is 3.45. The summed E-state index contributed by atoms with van der Waals surface area (Å²) in [6.45, 7) is 2.96. The van der Waals surface area contributed by atoms with E-state index in [0.717, 1.165) is 6.42 Å². The monoisotopic (exact) mass is 284 g/mol. The van der Waals surface area contributed by atoms with Crippen molar-refractivity contribution in [3.8, 4) is 0 Å². The second-order valence-corrected chi connectivity index (χ2v) is 5.50. The highest BCUT2D eigenvalue weighted by molar-refractivity contribution is 5.82. The Morgan fingerprint density at radius 2 is 1.30 bits per heavy atom. The van der Waals surface area contributed by atoms with Crippen molar-refractivity contribution >= 4 is 11.8 Å². The van der Waals surface area contributed by atoms with Gasteiger partial charge in [-0.1, -0.05) is 64.7 Å². The highest BCUT2D eigenvalue weighted by Gasteiger charge is 2.02. The Kier molecular flexibility index (Phi) is 13.6. The molecule has 0 unspecified atom stereocenters. The molecule has 0 bridgehead atoms. The van der Waals surface area contributed by atoms with Crippen LogP contribution in [0.5, 0.6) is 0 Å². The van der Waals surface area contributed by atoms with Gasteiger partial charge in [-0.25, -0.2) is 0 Å². The van der Waals surface area contributed by atoms with Crippen molar-refractivity contribution in [2.75, 3.05) is 6.54 Å². The summed E-state index contributed by atoms with van der Waals surface area (Å²) in [4.78, 5) is 21.8. The van der Waals surface area contributed by atoms with Gasteiger partial charge in [0.05, 0.1) is 0 Å². The smallest absolute Gasteiger partial charge is 0.220 e. The fourth-order valence-electron chi connectivity index (χ4n) is 2.17. The topological polar surface area (TPSA) is 72.2 Å². The zero-order valence-corrected chi connectivity index (χ0v) is 13.1. The molecule has 0 saturated carbocycles. The highest BCUT2D eigenvalue weighted by Crippen LogP contribution is 2.10. The second-order valence-electron chi connectivity index (χ2n) is 5.50. The Balaban J connectivity index is 3.12. The van der Waals surface area contributed by atoms with Crippen molar-refractivity contribution in [3.63, 3.8) is 0 Å². The maximum absolute atomic E-state index is 11.3. The molecular formula is C16H32N2O2. The standard InChI is InChI=1S/C16H32N2O2/c1-2-3-4-5-6-7-8-9-10-11-14-18-16(20)13-12-15(17)19/h2-14H2,1H3,(H2,17,19)(H,18,20). The van der Waals surface area contributed by atoms with E-state index >= 15 is 0 Å². The van der Waals surface area contributed by atoms with E-state index in [1.54, 1.807) is 0 Å². The molecule has 0 atom stereocenters. The lowest BCUT2D eigenvalue weighted by Crippen LogP contribution is -2.25. The van der Waals surface area contributed by atoms with E-state index in [9.17, 15) is 9.59 Å². The zero-order valence-electron chi connectivity index (χ0n) is 13.1. The van der Waals surface area contributed by atoms with Crippen LogP contribution in [0.25, 0.3) is 0 Å². The van der Waals surface area contributed by atoms with E-state index in [0.29, 0.717) is 6.54 Å². The quantitative estimate of drug-likeness (QED) is 0.480.